The second-order valence-electron chi connectivity index (χ2n) is 3.79. The lowest BCUT2D eigenvalue weighted by atomic mass is 10.2. The third-order valence-electron chi connectivity index (χ3n) is 2.40. The van der Waals surface area contributed by atoms with E-state index < -0.39 is 17.3 Å². The van der Waals surface area contributed by atoms with E-state index in [0.29, 0.717) is 0 Å². The molecule has 0 spiro atoms. The van der Waals surface area contributed by atoms with Crippen LogP contribution in [0, 0.1) is 6.92 Å². The smallest absolute Gasteiger partial charge is 0.268 e. The molecule has 0 bridgehead atoms. The number of aromatic nitrogens is 2. The Kier molecular flexibility index (Phi) is 2.94. The van der Waals surface area contributed by atoms with Crippen molar-refractivity contribution >= 4 is 0 Å². The summed E-state index contributed by atoms with van der Waals surface area (Å²) in [6.07, 6.45) is -1.91. The molecule has 0 saturated carbocycles. The lowest BCUT2D eigenvalue weighted by Crippen LogP contribution is -2.27. The molecule has 0 radical (unpaired) electrons. The molecule has 0 aliphatic heterocycles. The average molecular weight is 254 g/mol. The van der Waals surface area contributed by atoms with E-state index in [2.05, 4.69) is 4.98 Å². The Morgan fingerprint density at radius 1 is 1.22 bits per heavy atom. The normalized spacial score (nSPS) is 11.6. The minimum atomic E-state index is -4.66. The predicted molar refractivity (Wildman–Crippen MR) is 59.6 cm³/mol. The van der Waals surface area contributed by atoms with Gasteiger partial charge < -0.3 is 0 Å². The van der Waals surface area contributed by atoms with E-state index in [0.717, 1.165) is 16.2 Å². The van der Waals surface area contributed by atoms with Gasteiger partial charge in [-0.3, -0.25) is 9.36 Å². The Hall–Kier alpha value is -2.11. The summed E-state index contributed by atoms with van der Waals surface area (Å²) in [6.45, 7) is 1.80. The number of pyridine rings is 2. The van der Waals surface area contributed by atoms with Gasteiger partial charge in [-0.25, -0.2) is 4.98 Å². The summed E-state index contributed by atoms with van der Waals surface area (Å²) in [5.41, 5.74) is -1.47. The number of rotatable bonds is 1. The number of hydrogen-bond acceptors (Lipinski definition) is 2. The van der Waals surface area contributed by atoms with Crippen LogP contribution in [0.2, 0.25) is 0 Å². The second kappa shape index (κ2) is 4.29. The largest absolute Gasteiger partial charge is 0.421 e. The summed E-state index contributed by atoms with van der Waals surface area (Å²) in [6, 6.07) is 5.10. The van der Waals surface area contributed by atoms with Crippen molar-refractivity contribution in [3.63, 3.8) is 0 Å². The zero-order valence-corrected chi connectivity index (χ0v) is 9.40. The lowest BCUT2D eigenvalue weighted by Gasteiger charge is -2.09. The minimum Gasteiger partial charge on any atom is -0.268 e. The SMILES string of the molecule is Cc1ccc(-n2cccc(C(F)(F)F)c2=O)nc1. The molecule has 94 valence electrons. The maximum atomic E-state index is 12.6. The van der Waals surface area contributed by atoms with Crippen LogP contribution in [0.5, 0.6) is 0 Å². The minimum absolute atomic E-state index is 0.164. The van der Waals surface area contributed by atoms with E-state index in [4.69, 9.17) is 0 Å². The van der Waals surface area contributed by atoms with Crippen LogP contribution in [0.25, 0.3) is 5.82 Å². The molecule has 6 heteroatoms. The molecule has 0 aliphatic rings. The van der Waals surface area contributed by atoms with Gasteiger partial charge in [0.1, 0.15) is 11.4 Å². The number of nitrogens with zero attached hydrogens (tertiary/aromatic N) is 2. The predicted octanol–water partition coefficient (Wildman–Crippen LogP) is 2.56. The number of aryl methyl sites for hydroxylation is 1. The first kappa shape index (κ1) is 12.3. The van der Waals surface area contributed by atoms with Gasteiger partial charge in [0, 0.05) is 12.4 Å². The van der Waals surface area contributed by atoms with E-state index in [-0.39, 0.29) is 5.82 Å². The van der Waals surface area contributed by atoms with Crippen molar-refractivity contribution in [3.8, 4) is 5.82 Å². The molecule has 2 heterocycles. The molecule has 3 nitrogen and oxygen atoms in total. The Labute approximate surface area is 101 Å². The Morgan fingerprint density at radius 3 is 2.50 bits per heavy atom. The van der Waals surface area contributed by atoms with Crippen LogP contribution in [0.3, 0.4) is 0 Å². The average Bonchev–Trinajstić information content (AvgIpc) is 2.29. The van der Waals surface area contributed by atoms with E-state index in [1.807, 2.05) is 0 Å². The quantitative estimate of drug-likeness (QED) is 0.783. The standard InChI is InChI=1S/C12H9F3N2O/c1-8-4-5-10(16-7-8)17-6-2-3-9(11(17)18)12(13,14)15/h2-7H,1H3. The third kappa shape index (κ3) is 2.27. The van der Waals surface area contributed by atoms with Gasteiger partial charge in [0.25, 0.3) is 5.56 Å². The molecular weight excluding hydrogens is 245 g/mol. The van der Waals surface area contributed by atoms with Gasteiger partial charge in [0.2, 0.25) is 0 Å². The van der Waals surface area contributed by atoms with Crippen molar-refractivity contribution in [2.24, 2.45) is 0 Å². The molecule has 0 N–H and O–H groups in total. The fourth-order valence-corrected chi connectivity index (χ4v) is 1.49. The molecule has 0 fully saturated rings. The molecule has 0 atom stereocenters. The summed E-state index contributed by atoms with van der Waals surface area (Å²) in [7, 11) is 0. The van der Waals surface area contributed by atoms with Crippen molar-refractivity contribution in [1.82, 2.24) is 9.55 Å². The molecule has 0 aromatic carbocycles. The summed E-state index contributed by atoms with van der Waals surface area (Å²) in [5, 5.41) is 0. The van der Waals surface area contributed by atoms with E-state index in [1.165, 1.54) is 24.5 Å². The molecule has 2 aromatic rings. The fourth-order valence-electron chi connectivity index (χ4n) is 1.49. The van der Waals surface area contributed by atoms with Crippen LogP contribution in [0.4, 0.5) is 13.2 Å². The van der Waals surface area contributed by atoms with Gasteiger partial charge in [-0.2, -0.15) is 13.2 Å². The first-order valence-electron chi connectivity index (χ1n) is 5.11. The van der Waals surface area contributed by atoms with Crippen LogP contribution in [0.15, 0.2) is 41.5 Å². The summed E-state index contributed by atoms with van der Waals surface area (Å²) in [5.74, 6) is 0.164. The van der Waals surface area contributed by atoms with Crippen LogP contribution in [-0.4, -0.2) is 9.55 Å². The highest BCUT2D eigenvalue weighted by molar-refractivity contribution is 5.28. The third-order valence-corrected chi connectivity index (χ3v) is 2.40. The van der Waals surface area contributed by atoms with Crippen LogP contribution in [-0.2, 0) is 6.18 Å². The first-order valence-corrected chi connectivity index (χ1v) is 5.11. The van der Waals surface area contributed by atoms with Crippen molar-refractivity contribution in [3.05, 3.63) is 58.1 Å². The molecule has 0 unspecified atom stereocenters. The lowest BCUT2D eigenvalue weighted by molar-refractivity contribution is -0.138. The highest BCUT2D eigenvalue weighted by Crippen LogP contribution is 2.26. The van der Waals surface area contributed by atoms with Gasteiger partial charge in [-0.05, 0) is 30.7 Å². The van der Waals surface area contributed by atoms with Crippen molar-refractivity contribution in [1.29, 1.82) is 0 Å². The second-order valence-corrected chi connectivity index (χ2v) is 3.79. The number of hydrogen-bond donors (Lipinski definition) is 0. The van der Waals surface area contributed by atoms with Gasteiger partial charge in [-0.15, -0.1) is 0 Å². The maximum absolute atomic E-state index is 12.6. The zero-order valence-electron chi connectivity index (χ0n) is 9.40. The molecule has 2 aromatic heterocycles. The van der Waals surface area contributed by atoms with Crippen molar-refractivity contribution in [2.75, 3.05) is 0 Å². The van der Waals surface area contributed by atoms with E-state index >= 15 is 0 Å². The monoisotopic (exact) mass is 254 g/mol. The van der Waals surface area contributed by atoms with E-state index in [1.54, 1.807) is 13.0 Å². The Bertz CT molecular complexity index is 614. The molecule has 0 aliphatic carbocycles. The van der Waals surface area contributed by atoms with Crippen LogP contribution >= 0.6 is 0 Å². The van der Waals surface area contributed by atoms with Gasteiger partial charge in [0.05, 0.1) is 0 Å². The van der Waals surface area contributed by atoms with Gasteiger partial charge >= 0.3 is 6.18 Å². The first-order chi connectivity index (χ1) is 8.39. The van der Waals surface area contributed by atoms with Crippen LogP contribution < -0.4 is 5.56 Å². The summed E-state index contributed by atoms with van der Waals surface area (Å²) >= 11 is 0. The van der Waals surface area contributed by atoms with Crippen molar-refractivity contribution in [2.45, 2.75) is 13.1 Å². The van der Waals surface area contributed by atoms with Crippen LogP contribution in [0.1, 0.15) is 11.1 Å². The Morgan fingerprint density at radius 2 is 1.94 bits per heavy atom. The number of alkyl halides is 3. The topological polar surface area (TPSA) is 34.9 Å². The highest BCUT2D eigenvalue weighted by atomic mass is 19.4. The molecule has 0 saturated heterocycles. The number of halogens is 3. The molecule has 0 amide bonds. The Balaban J connectivity index is 2.60. The summed E-state index contributed by atoms with van der Waals surface area (Å²) in [4.78, 5) is 15.6. The molecular formula is C12H9F3N2O. The van der Waals surface area contributed by atoms with Gasteiger partial charge in [0.15, 0.2) is 0 Å². The molecule has 18 heavy (non-hydrogen) atoms. The van der Waals surface area contributed by atoms with Crippen molar-refractivity contribution < 1.29 is 13.2 Å². The fraction of sp³-hybridized carbons (Fsp3) is 0.167. The van der Waals surface area contributed by atoms with E-state index in [9.17, 15) is 18.0 Å². The maximum Gasteiger partial charge on any atom is 0.421 e. The zero-order chi connectivity index (χ0) is 13.3. The van der Waals surface area contributed by atoms with Gasteiger partial charge in [-0.1, -0.05) is 6.07 Å². The summed E-state index contributed by atoms with van der Waals surface area (Å²) < 4.78 is 38.6. The highest BCUT2D eigenvalue weighted by Gasteiger charge is 2.34. The molecule has 2 rings (SSSR count).